The fraction of sp³-hybridized carbons (Fsp3) is 0.500. The van der Waals surface area contributed by atoms with Crippen LogP contribution in [0.4, 0.5) is 8.78 Å². The van der Waals surface area contributed by atoms with Gasteiger partial charge in [-0.1, -0.05) is 12.1 Å². The van der Waals surface area contributed by atoms with Crippen molar-refractivity contribution in [2.45, 2.75) is 31.4 Å². The topological polar surface area (TPSA) is 47.6 Å². The molecule has 1 aliphatic heterocycles. The highest BCUT2D eigenvalue weighted by atomic mass is 19.3. The number of hydrogen-bond donors (Lipinski definition) is 1. The van der Waals surface area contributed by atoms with E-state index in [4.69, 9.17) is 4.74 Å². The van der Waals surface area contributed by atoms with Gasteiger partial charge in [0.25, 0.3) is 0 Å². The van der Waals surface area contributed by atoms with Crippen molar-refractivity contribution in [3.63, 3.8) is 0 Å². The second-order valence-corrected chi connectivity index (χ2v) is 4.84. The Kier molecular flexibility index (Phi) is 4.23. The van der Waals surface area contributed by atoms with E-state index in [2.05, 4.69) is 10.1 Å². The van der Waals surface area contributed by atoms with Crippen LogP contribution in [0.15, 0.2) is 24.3 Å². The number of alkyl halides is 2. The molecule has 1 aromatic carbocycles. The number of halogens is 2. The van der Waals surface area contributed by atoms with Gasteiger partial charge in [-0.2, -0.15) is 8.78 Å². The minimum Gasteiger partial charge on any atom is -0.497 e. The zero-order valence-electron chi connectivity index (χ0n) is 11.4. The molecule has 1 heterocycles. The number of benzene rings is 1. The van der Waals surface area contributed by atoms with Gasteiger partial charge in [0.05, 0.1) is 13.5 Å². The summed E-state index contributed by atoms with van der Waals surface area (Å²) in [4.78, 5) is 10.9. The quantitative estimate of drug-likeness (QED) is 0.843. The lowest BCUT2D eigenvalue weighted by molar-refractivity contribution is -0.159. The maximum Gasteiger partial charge on any atom is 0.377 e. The van der Waals surface area contributed by atoms with Crippen molar-refractivity contribution in [2.24, 2.45) is 0 Å². The molecular weight excluding hydrogens is 268 g/mol. The lowest BCUT2D eigenvalue weighted by Gasteiger charge is -2.17. The Morgan fingerprint density at radius 2 is 2.10 bits per heavy atom. The molecule has 0 saturated carbocycles. The van der Waals surface area contributed by atoms with Gasteiger partial charge in [0.1, 0.15) is 11.9 Å². The van der Waals surface area contributed by atoms with Crippen molar-refractivity contribution >= 4 is 5.97 Å². The average molecular weight is 285 g/mol. The maximum absolute atomic E-state index is 13.0. The van der Waals surface area contributed by atoms with E-state index in [1.165, 1.54) is 0 Å². The van der Waals surface area contributed by atoms with Gasteiger partial charge in [-0.05, 0) is 24.6 Å². The molecule has 1 unspecified atom stereocenters. The first-order chi connectivity index (χ1) is 9.42. The molecule has 20 heavy (non-hydrogen) atoms. The third-order valence-corrected chi connectivity index (χ3v) is 3.32. The van der Waals surface area contributed by atoms with Gasteiger partial charge in [0.2, 0.25) is 0 Å². The van der Waals surface area contributed by atoms with Crippen LogP contribution in [0.1, 0.15) is 24.9 Å². The number of nitrogens with one attached hydrogen (secondary N) is 1. The third kappa shape index (κ3) is 3.25. The zero-order valence-corrected chi connectivity index (χ0v) is 11.4. The van der Waals surface area contributed by atoms with Crippen molar-refractivity contribution in [1.29, 1.82) is 0 Å². The summed E-state index contributed by atoms with van der Waals surface area (Å²) < 4.78 is 35.7. The Labute approximate surface area is 116 Å². The van der Waals surface area contributed by atoms with Crippen LogP contribution in [-0.4, -0.2) is 31.7 Å². The van der Waals surface area contributed by atoms with Gasteiger partial charge >= 0.3 is 11.9 Å². The molecule has 0 radical (unpaired) electrons. The van der Waals surface area contributed by atoms with E-state index in [1.54, 1.807) is 7.11 Å². The molecule has 0 bridgehead atoms. The fourth-order valence-corrected chi connectivity index (χ4v) is 2.08. The predicted molar refractivity (Wildman–Crippen MR) is 68.9 cm³/mol. The molecule has 1 aliphatic rings. The lowest BCUT2D eigenvalue weighted by atomic mass is 10.1. The second-order valence-electron chi connectivity index (χ2n) is 4.84. The van der Waals surface area contributed by atoms with Crippen LogP contribution in [0.25, 0.3) is 0 Å². The molecule has 0 amide bonds. The van der Waals surface area contributed by atoms with E-state index in [1.807, 2.05) is 31.2 Å². The van der Waals surface area contributed by atoms with Crippen LogP contribution in [0.2, 0.25) is 0 Å². The number of rotatable bonds is 5. The minimum absolute atomic E-state index is 0.0335. The Hall–Kier alpha value is -1.69. The van der Waals surface area contributed by atoms with Gasteiger partial charge in [-0.3, -0.25) is 0 Å². The largest absolute Gasteiger partial charge is 0.497 e. The molecule has 0 aliphatic carbocycles. The molecule has 110 valence electrons. The van der Waals surface area contributed by atoms with E-state index in [0.29, 0.717) is 0 Å². The smallest absolute Gasteiger partial charge is 0.377 e. The molecule has 0 spiro atoms. The number of carbonyl (C=O) groups is 1. The van der Waals surface area contributed by atoms with Gasteiger partial charge in [0.15, 0.2) is 0 Å². The van der Waals surface area contributed by atoms with Gasteiger partial charge in [0, 0.05) is 12.6 Å². The first-order valence-electron chi connectivity index (χ1n) is 6.38. The third-order valence-electron chi connectivity index (χ3n) is 3.32. The van der Waals surface area contributed by atoms with Crippen LogP contribution in [-0.2, 0) is 9.53 Å². The van der Waals surface area contributed by atoms with E-state index < -0.39 is 24.4 Å². The normalized spacial score (nSPS) is 22.4. The Morgan fingerprint density at radius 3 is 2.60 bits per heavy atom. The standard InChI is InChI=1S/C14H17F2NO3/c1-9(10-3-5-11(19-2)6-4-10)17-8-12-7-14(15,16)13(18)20-12/h3-6,9,12,17H,7-8H2,1-2H3/t9-,12?/m1/s1. The Balaban J connectivity index is 1.86. The zero-order chi connectivity index (χ0) is 14.8. The van der Waals surface area contributed by atoms with Crippen molar-refractivity contribution in [2.75, 3.05) is 13.7 Å². The molecule has 1 aromatic rings. The molecule has 0 aromatic heterocycles. The van der Waals surface area contributed by atoms with Crippen LogP contribution >= 0.6 is 0 Å². The number of esters is 1. The van der Waals surface area contributed by atoms with Crippen LogP contribution in [0, 0.1) is 0 Å². The van der Waals surface area contributed by atoms with Crippen molar-refractivity contribution < 1.29 is 23.0 Å². The maximum atomic E-state index is 13.0. The highest BCUT2D eigenvalue weighted by Gasteiger charge is 2.50. The van der Waals surface area contributed by atoms with Gasteiger partial charge in [-0.25, -0.2) is 4.79 Å². The van der Waals surface area contributed by atoms with Gasteiger partial charge in [-0.15, -0.1) is 0 Å². The first-order valence-corrected chi connectivity index (χ1v) is 6.38. The Bertz CT molecular complexity index is 476. The summed E-state index contributed by atoms with van der Waals surface area (Å²) in [6.07, 6.45) is -1.34. The molecule has 1 saturated heterocycles. The van der Waals surface area contributed by atoms with E-state index >= 15 is 0 Å². The van der Waals surface area contributed by atoms with Crippen molar-refractivity contribution in [3.05, 3.63) is 29.8 Å². The summed E-state index contributed by atoms with van der Waals surface area (Å²) in [5.74, 6) is -4.03. The number of hydrogen-bond acceptors (Lipinski definition) is 4. The molecule has 4 nitrogen and oxygen atoms in total. The predicted octanol–water partition coefficient (Wildman–Crippen LogP) is 2.30. The summed E-state index contributed by atoms with van der Waals surface area (Å²) in [5, 5.41) is 3.09. The van der Waals surface area contributed by atoms with Crippen molar-refractivity contribution in [1.82, 2.24) is 5.32 Å². The minimum atomic E-state index is -3.35. The number of methoxy groups -OCH3 is 1. The van der Waals surface area contributed by atoms with Crippen molar-refractivity contribution in [3.8, 4) is 5.75 Å². The summed E-state index contributed by atoms with van der Waals surface area (Å²) >= 11 is 0. The SMILES string of the molecule is COc1ccc([C@@H](C)NCC2CC(F)(F)C(=O)O2)cc1. The van der Waals surface area contributed by atoms with Crippen LogP contribution < -0.4 is 10.1 Å². The highest BCUT2D eigenvalue weighted by Crippen LogP contribution is 2.30. The van der Waals surface area contributed by atoms with E-state index in [0.717, 1.165) is 11.3 Å². The fourth-order valence-electron chi connectivity index (χ4n) is 2.08. The summed E-state index contributed by atoms with van der Waals surface area (Å²) in [6, 6.07) is 7.42. The van der Waals surface area contributed by atoms with Gasteiger partial charge < -0.3 is 14.8 Å². The molecular formula is C14H17F2NO3. The lowest BCUT2D eigenvalue weighted by Crippen LogP contribution is -2.29. The Morgan fingerprint density at radius 1 is 1.45 bits per heavy atom. The second kappa shape index (κ2) is 5.75. The highest BCUT2D eigenvalue weighted by molar-refractivity contribution is 5.79. The summed E-state index contributed by atoms with van der Waals surface area (Å²) in [5.41, 5.74) is 1.00. The first kappa shape index (κ1) is 14.7. The molecule has 1 fully saturated rings. The molecule has 2 atom stereocenters. The average Bonchev–Trinajstić information content (AvgIpc) is 2.69. The number of ether oxygens (including phenoxy) is 2. The molecule has 2 rings (SSSR count). The summed E-state index contributed by atoms with van der Waals surface area (Å²) in [7, 11) is 1.59. The number of cyclic esters (lactones) is 1. The van der Waals surface area contributed by atoms with E-state index in [9.17, 15) is 13.6 Å². The summed E-state index contributed by atoms with van der Waals surface area (Å²) in [6.45, 7) is 2.12. The molecule has 1 N–H and O–H groups in total. The molecule has 6 heteroatoms. The van der Waals surface area contributed by atoms with Crippen LogP contribution in [0.5, 0.6) is 5.75 Å². The van der Waals surface area contributed by atoms with E-state index in [-0.39, 0.29) is 12.6 Å². The van der Waals surface area contributed by atoms with Crippen LogP contribution in [0.3, 0.4) is 0 Å². The number of carbonyl (C=O) groups excluding carboxylic acids is 1. The monoisotopic (exact) mass is 285 g/mol.